The molecular weight excluding hydrogens is 281 g/mol. The summed E-state index contributed by atoms with van der Waals surface area (Å²) in [4.78, 5) is 15.1. The summed E-state index contributed by atoms with van der Waals surface area (Å²) in [6.07, 6.45) is 1.58. The number of halogens is 1. The van der Waals surface area contributed by atoms with Crippen LogP contribution in [0.25, 0.3) is 0 Å². The van der Waals surface area contributed by atoms with Crippen molar-refractivity contribution in [3.05, 3.63) is 47.0 Å². The summed E-state index contributed by atoms with van der Waals surface area (Å²) in [7, 11) is 1.79. The lowest BCUT2D eigenvalue weighted by Gasteiger charge is -2.06. The fraction of sp³-hybridized carbons (Fsp3) is 0.231. The van der Waals surface area contributed by atoms with E-state index >= 15 is 0 Å². The van der Waals surface area contributed by atoms with Crippen molar-refractivity contribution in [3.8, 4) is 0 Å². The van der Waals surface area contributed by atoms with Gasteiger partial charge in [-0.1, -0.05) is 17.8 Å². The van der Waals surface area contributed by atoms with Gasteiger partial charge in [-0.3, -0.25) is 4.79 Å². The normalized spacial score (nSPS) is 10.8. The van der Waals surface area contributed by atoms with Crippen molar-refractivity contribution in [3.63, 3.8) is 0 Å². The zero-order chi connectivity index (χ0) is 14.7. The lowest BCUT2D eigenvalue weighted by molar-refractivity contribution is 0.1000. The number of carbonyl (C=O) groups is 1. The number of imidazole rings is 1. The molecule has 3 N–H and O–H groups in total. The summed E-state index contributed by atoms with van der Waals surface area (Å²) in [6, 6.07) is 4.17. The molecule has 0 aliphatic carbocycles. The van der Waals surface area contributed by atoms with E-state index in [2.05, 4.69) is 4.98 Å². The Balaban J connectivity index is 2.11. The SMILES string of the molecule is Cn1c(CO)cnc1SCc1ccc(C(N)=O)cc1F. The minimum atomic E-state index is -0.653. The number of thioether (sulfide) groups is 1. The Bertz CT molecular complexity index is 643. The molecule has 0 bridgehead atoms. The highest BCUT2D eigenvalue weighted by atomic mass is 32.2. The van der Waals surface area contributed by atoms with Gasteiger partial charge >= 0.3 is 0 Å². The maximum absolute atomic E-state index is 13.8. The van der Waals surface area contributed by atoms with Crippen LogP contribution in [0, 0.1) is 5.82 Å². The molecule has 0 spiro atoms. The average Bonchev–Trinajstić information content (AvgIpc) is 2.77. The first kappa shape index (κ1) is 14.5. The third-order valence-corrected chi connectivity index (χ3v) is 3.99. The molecule has 1 aromatic carbocycles. The predicted octanol–water partition coefficient (Wildman–Crippen LogP) is 1.44. The molecule has 1 heterocycles. The fourth-order valence-corrected chi connectivity index (χ4v) is 2.62. The number of aromatic nitrogens is 2. The van der Waals surface area contributed by atoms with Gasteiger partial charge in [0.15, 0.2) is 5.16 Å². The van der Waals surface area contributed by atoms with Crippen molar-refractivity contribution in [2.24, 2.45) is 12.8 Å². The van der Waals surface area contributed by atoms with Crippen LogP contribution in [0.1, 0.15) is 21.6 Å². The zero-order valence-electron chi connectivity index (χ0n) is 10.8. The Morgan fingerprint density at radius 3 is 2.85 bits per heavy atom. The lowest BCUT2D eigenvalue weighted by Crippen LogP contribution is -2.11. The van der Waals surface area contributed by atoms with Crippen LogP contribution in [0.15, 0.2) is 29.6 Å². The molecule has 0 unspecified atom stereocenters. The Morgan fingerprint density at radius 1 is 1.55 bits per heavy atom. The highest BCUT2D eigenvalue weighted by molar-refractivity contribution is 7.98. The number of nitrogens with two attached hydrogens (primary N) is 1. The summed E-state index contributed by atoms with van der Waals surface area (Å²) in [5.74, 6) is -0.745. The van der Waals surface area contributed by atoms with Gasteiger partial charge in [0, 0.05) is 18.4 Å². The first-order valence-electron chi connectivity index (χ1n) is 5.85. The topological polar surface area (TPSA) is 81.1 Å². The van der Waals surface area contributed by atoms with Gasteiger partial charge in [0.05, 0.1) is 18.5 Å². The monoisotopic (exact) mass is 295 g/mol. The van der Waals surface area contributed by atoms with Crippen molar-refractivity contribution in [2.45, 2.75) is 17.5 Å². The van der Waals surface area contributed by atoms with Crippen molar-refractivity contribution < 1.29 is 14.3 Å². The number of rotatable bonds is 5. The van der Waals surface area contributed by atoms with Gasteiger partial charge in [-0.15, -0.1) is 0 Å². The standard InChI is InChI=1S/C13H14FN3O2S/c1-17-10(6-18)5-16-13(17)20-7-9-3-2-8(12(15)19)4-11(9)14/h2-5,18H,6-7H2,1H3,(H2,15,19). The van der Waals surface area contributed by atoms with Crippen LogP contribution in [0.2, 0.25) is 0 Å². The lowest BCUT2D eigenvalue weighted by atomic mass is 10.1. The van der Waals surface area contributed by atoms with Crippen LogP contribution in [0.3, 0.4) is 0 Å². The number of primary amides is 1. The van der Waals surface area contributed by atoms with E-state index in [-0.39, 0.29) is 12.2 Å². The summed E-state index contributed by atoms with van der Waals surface area (Å²) >= 11 is 1.35. The van der Waals surface area contributed by atoms with E-state index in [9.17, 15) is 9.18 Å². The van der Waals surface area contributed by atoms with Gasteiger partial charge in [0.1, 0.15) is 5.82 Å². The number of aliphatic hydroxyl groups excluding tert-OH is 1. The first-order valence-corrected chi connectivity index (χ1v) is 6.84. The van der Waals surface area contributed by atoms with Crippen LogP contribution in [0.5, 0.6) is 0 Å². The molecule has 20 heavy (non-hydrogen) atoms. The third kappa shape index (κ3) is 3.00. The van der Waals surface area contributed by atoms with Crippen LogP contribution >= 0.6 is 11.8 Å². The number of hydrogen-bond donors (Lipinski definition) is 2. The van der Waals surface area contributed by atoms with Gasteiger partial charge in [-0.25, -0.2) is 9.37 Å². The van der Waals surface area contributed by atoms with E-state index < -0.39 is 11.7 Å². The van der Waals surface area contributed by atoms with Gasteiger partial charge in [0.25, 0.3) is 0 Å². The van der Waals surface area contributed by atoms with E-state index in [0.29, 0.717) is 22.2 Å². The maximum Gasteiger partial charge on any atom is 0.248 e. The van der Waals surface area contributed by atoms with Crippen LogP contribution in [0.4, 0.5) is 4.39 Å². The van der Waals surface area contributed by atoms with Gasteiger partial charge in [0.2, 0.25) is 5.91 Å². The Hall–Kier alpha value is -1.86. The predicted molar refractivity (Wildman–Crippen MR) is 73.6 cm³/mol. The number of benzene rings is 1. The quantitative estimate of drug-likeness (QED) is 0.818. The van der Waals surface area contributed by atoms with Crippen LogP contribution in [-0.4, -0.2) is 20.6 Å². The van der Waals surface area contributed by atoms with Gasteiger partial charge in [-0.05, 0) is 17.7 Å². The highest BCUT2D eigenvalue weighted by Crippen LogP contribution is 2.24. The second-order valence-electron chi connectivity index (χ2n) is 4.21. The van der Waals surface area contributed by atoms with E-state index in [1.165, 1.54) is 17.8 Å². The molecule has 5 nitrogen and oxygen atoms in total. The second-order valence-corrected chi connectivity index (χ2v) is 5.15. The van der Waals surface area contributed by atoms with Crippen molar-refractivity contribution >= 4 is 17.7 Å². The molecular formula is C13H14FN3O2S. The molecule has 1 aromatic heterocycles. The molecule has 0 saturated heterocycles. The van der Waals surface area contributed by atoms with Crippen molar-refractivity contribution in [2.75, 3.05) is 0 Å². The molecule has 1 amide bonds. The van der Waals surface area contributed by atoms with Gasteiger partial charge < -0.3 is 15.4 Å². The van der Waals surface area contributed by atoms with E-state index in [0.717, 1.165) is 6.07 Å². The van der Waals surface area contributed by atoms with Crippen molar-refractivity contribution in [1.82, 2.24) is 9.55 Å². The fourth-order valence-electron chi connectivity index (χ4n) is 1.67. The summed E-state index contributed by atoms with van der Waals surface area (Å²) < 4.78 is 15.5. The third-order valence-electron chi connectivity index (χ3n) is 2.90. The minimum Gasteiger partial charge on any atom is -0.390 e. The molecule has 0 radical (unpaired) electrons. The van der Waals surface area contributed by atoms with Crippen LogP contribution < -0.4 is 5.73 Å². The number of aliphatic hydroxyl groups is 1. The molecule has 7 heteroatoms. The van der Waals surface area contributed by atoms with E-state index in [1.54, 1.807) is 23.9 Å². The smallest absolute Gasteiger partial charge is 0.248 e. The summed E-state index contributed by atoms with van der Waals surface area (Å²) in [5, 5.41) is 9.76. The first-order chi connectivity index (χ1) is 9.52. The number of nitrogens with zero attached hydrogens (tertiary/aromatic N) is 2. The zero-order valence-corrected chi connectivity index (χ0v) is 11.7. The van der Waals surface area contributed by atoms with E-state index in [1.807, 2.05) is 0 Å². The largest absolute Gasteiger partial charge is 0.390 e. The minimum absolute atomic E-state index is 0.0915. The Labute approximate surface area is 119 Å². The Morgan fingerprint density at radius 2 is 2.30 bits per heavy atom. The summed E-state index contributed by atoms with van der Waals surface area (Å²) in [5.41, 5.74) is 6.39. The molecule has 0 aliphatic heterocycles. The number of carbonyl (C=O) groups excluding carboxylic acids is 1. The van der Waals surface area contributed by atoms with E-state index in [4.69, 9.17) is 10.8 Å². The Kier molecular flexibility index (Phi) is 4.41. The molecule has 106 valence electrons. The maximum atomic E-state index is 13.8. The van der Waals surface area contributed by atoms with Gasteiger partial charge in [-0.2, -0.15) is 0 Å². The highest BCUT2D eigenvalue weighted by Gasteiger charge is 2.10. The molecule has 2 rings (SSSR count). The molecule has 0 fully saturated rings. The molecule has 0 aliphatic rings. The second kappa shape index (κ2) is 6.06. The molecule has 2 aromatic rings. The van der Waals surface area contributed by atoms with Crippen LogP contribution in [-0.2, 0) is 19.4 Å². The molecule has 0 atom stereocenters. The van der Waals surface area contributed by atoms with Crippen molar-refractivity contribution in [1.29, 1.82) is 0 Å². The summed E-state index contributed by atoms with van der Waals surface area (Å²) in [6.45, 7) is -0.0915. The number of amides is 1. The molecule has 0 saturated carbocycles. The average molecular weight is 295 g/mol. The number of hydrogen-bond acceptors (Lipinski definition) is 4.